The topological polar surface area (TPSA) is 52.9 Å². The van der Waals surface area contributed by atoms with Gasteiger partial charge in [0, 0.05) is 12.8 Å². The van der Waals surface area contributed by atoms with E-state index in [1.54, 1.807) is 7.05 Å². The van der Waals surface area contributed by atoms with E-state index < -0.39 is 0 Å². The van der Waals surface area contributed by atoms with Gasteiger partial charge in [-0.3, -0.25) is 4.79 Å². The molecule has 0 aliphatic heterocycles. The fourth-order valence-corrected chi connectivity index (χ4v) is 1.31. The predicted molar refractivity (Wildman–Crippen MR) is 46.2 cm³/mol. The summed E-state index contributed by atoms with van der Waals surface area (Å²) in [7, 11) is 1.61. The van der Waals surface area contributed by atoms with E-state index in [1.807, 2.05) is 6.92 Å². The number of hydrogen-bond acceptors (Lipinski definition) is 3. The molecule has 1 atom stereocenters. The Kier molecular flexibility index (Phi) is 5.67. The van der Waals surface area contributed by atoms with E-state index in [1.165, 1.54) is 11.8 Å². The Morgan fingerprint density at radius 1 is 1.82 bits per heavy atom. The van der Waals surface area contributed by atoms with Crippen LogP contribution in [0.2, 0.25) is 0 Å². The van der Waals surface area contributed by atoms with Gasteiger partial charge in [0.05, 0.1) is 17.7 Å². The average Bonchev–Trinajstić information content (AvgIpc) is 2.04. The first kappa shape index (κ1) is 10.3. The van der Waals surface area contributed by atoms with Crippen LogP contribution in [0.4, 0.5) is 0 Å². The van der Waals surface area contributed by atoms with Crippen molar-refractivity contribution in [3.8, 4) is 6.07 Å². The minimum absolute atomic E-state index is 0.0140. The van der Waals surface area contributed by atoms with E-state index in [0.717, 1.165) is 5.75 Å². The Bertz CT molecular complexity index is 164. The molecule has 0 rings (SSSR count). The van der Waals surface area contributed by atoms with Gasteiger partial charge >= 0.3 is 0 Å². The van der Waals surface area contributed by atoms with Crippen molar-refractivity contribution in [3.63, 3.8) is 0 Å². The molecule has 0 fully saturated rings. The van der Waals surface area contributed by atoms with Crippen LogP contribution in [0.25, 0.3) is 0 Å². The van der Waals surface area contributed by atoms with Gasteiger partial charge in [-0.05, 0) is 6.92 Å². The Morgan fingerprint density at radius 2 is 2.45 bits per heavy atom. The first-order valence-electron chi connectivity index (χ1n) is 3.38. The van der Waals surface area contributed by atoms with Crippen LogP contribution in [-0.2, 0) is 4.79 Å². The molecule has 0 aromatic rings. The third-order valence-electron chi connectivity index (χ3n) is 1.10. The summed E-state index contributed by atoms with van der Waals surface area (Å²) in [5.74, 6) is 1.22. The fourth-order valence-electron chi connectivity index (χ4n) is 0.438. The number of rotatable bonds is 4. The van der Waals surface area contributed by atoms with E-state index in [-0.39, 0.29) is 11.8 Å². The van der Waals surface area contributed by atoms with Gasteiger partial charge in [-0.1, -0.05) is 0 Å². The lowest BCUT2D eigenvalue weighted by Gasteiger charge is -2.00. The van der Waals surface area contributed by atoms with Gasteiger partial charge in [0.15, 0.2) is 0 Å². The van der Waals surface area contributed by atoms with Gasteiger partial charge in [-0.15, -0.1) is 0 Å². The lowest BCUT2D eigenvalue weighted by molar-refractivity contribution is -0.118. The van der Waals surface area contributed by atoms with Gasteiger partial charge in [-0.25, -0.2) is 0 Å². The van der Waals surface area contributed by atoms with Crippen LogP contribution in [0.15, 0.2) is 0 Å². The van der Waals surface area contributed by atoms with Crippen molar-refractivity contribution in [1.29, 1.82) is 5.26 Å². The zero-order chi connectivity index (χ0) is 8.69. The van der Waals surface area contributed by atoms with Crippen molar-refractivity contribution < 1.29 is 4.79 Å². The maximum absolute atomic E-state index is 10.7. The molecule has 0 aromatic heterocycles. The third-order valence-corrected chi connectivity index (χ3v) is 2.30. The molecule has 11 heavy (non-hydrogen) atoms. The summed E-state index contributed by atoms with van der Waals surface area (Å²) >= 11 is 1.48. The van der Waals surface area contributed by atoms with Crippen molar-refractivity contribution >= 4 is 17.7 Å². The first-order chi connectivity index (χ1) is 5.20. The molecule has 1 N–H and O–H groups in total. The molecule has 1 amide bonds. The SMILES string of the molecule is CNC(=O)CSCC(C)C#N. The van der Waals surface area contributed by atoms with Gasteiger partial charge in [0.2, 0.25) is 5.91 Å². The summed E-state index contributed by atoms with van der Waals surface area (Å²) in [5.41, 5.74) is 0. The number of hydrogen-bond donors (Lipinski definition) is 1. The van der Waals surface area contributed by atoms with E-state index in [9.17, 15) is 4.79 Å². The molecule has 0 spiro atoms. The van der Waals surface area contributed by atoms with Crippen molar-refractivity contribution in [2.45, 2.75) is 6.92 Å². The number of carbonyl (C=O) groups is 1. The minimum atomic E-state index is 0.0140. The number of nitriles is 1. The van der Waals surface area contributed by atoms with Gasteiger partial charge in [-0.2, -0.15) is 17.0 Å². The van der Waals surface area contributed by atoms with Gasteiger partial charge in [0.25, 0.3) is 0 Å². The van der Waals surface area contributed by atoms with Crippen LogP contribution in [0.3, 0.4) is 0 Å². The van der Waals surface area contributed by atoms with E-state index in [4.69, 9.17) is 5.26 Å². The van der Waals surface area contributed by atoms with E-state index in [2.05, 4.69) is 11.4 Å². The Balaban J connectivity index is 3.29. The highest BCUT2D eigenvalue weighted by Gasteiger charge is 2.01. The van der Waals surface area contributed by atoms with Crippen molar-refractivity contribution in [2.24, 2.45) is 5.92 Å². The van der Waals surface area contributed by atoms with Gasteiger partial charge in [0.1, 0.15) is 0 Å². The van der Waals surface area contributed by atoms with Crippen molar-refractivity contribution in [1.82, 2.24) is 5.32 Å². The van der Waals surface area contributed by atoms with Crippen LogP contribution in [0, 0.1) is 17.2 Å². The second-order valence-corrected chi connectivity index (χ2v) is 3.25. The molecule has 62 valence electrons. The summed E-state index contributed by atoms with van der Waals surface area (Å²) in [6, 6.07) is 2.10. The quantitative estimate of drug-likeness (QED) is 0.676. The molecular formula is C7H12N2OS. The zero-order valence-corrected chi connectivity index (χ0v) is 7.57. The minimum Gasteiger partial charge on any atom is -0.358 e. The van der Waals surface area contributed by atoms with Crippen LogP contribution in [0.5, 0.6) is 0 Å². The molecule has 0 radical (unpaired) electrons. The highest BCUT2D eigenvalue weighted by atomic mass is 32.2. The maximum atomic E-state index is 10.7. The smallest absolute Gasteiger partial charge is 0.229 e. The summed E-state index contributed by atoms with van der Waals surface area (Å²) in [6.07, 6.45) is 0. The lowest BCUT2D eigenvalue weighted by atomic mass is 10.3. The molecule has 0 aliphatic rings. The fraction of sp³-hybridized carbons (Fsp3) is 0.714. The van der Waals surface area contributed by atoms with Gasteiger partial charge < -0.3 is 5.32 Å². The third kappa shape index (κ3) is 5.74. The first-order valence-corrected chi connectivity index (χ1v) is 4.54. The molecule has 0 saturated carbocycles. The average molecular weight is 172 g/mol. The monoisotopic (exact) mass is 172 g/mol. The van der Waals surface area contributed by atoms with Crippen LogP contribution in [-0.4, -0.2) is 24.5 Å². The number of carbonyl (C=O) groups excluding carboxylic acids is 1. The molecule has 0 heterocycles. The Morgan fingerprint density at radius 3 is 2.91 bits per heavy atom. The molecule has 0 bridgehead atoms. The molecule has 0 saturated heterocycles. The molecular weight excluding hydrogens is 160 g/mol. The van der Waals surface area contributed by atoms with Crippen LogP contribution >= 0.6 is 11.8 Å². The predicted octanol–water partition coefficient (Wildman–Crippen LogP) is 0.625. The molecule has 0 aliphatic carbocycles. The number of nitrogens with one attached hydrogen (secondary N) is 1. The summed E-state index contributed by atoms with van der Waals surface area (Å²) in [4.78, 5) is 10.7. The summed E-state index contributed by atoms with van der Waals surface area (Å²) < 4.78 is 0. The zero-order valence-electron chi connectivity index (χ0n) is 6.76. The van der Waals surface area contributed by atoms with Crippen molar-refractivity contribution in [2.75, 3.05) is 18.6 Å². The largest absolute Gasteiger partial charge is 0.358 e. The second-order valence-electron chi connectivity index (χ2n) is 2.22. The van der Waals surface area contributed by atoms with E-state index in [0.29, 0.717) is 5.75 Å². The molecule has 4 heteroatoms. The Labute approximate surface area is 71.2 Å². The number of amides is 1. The standard InChI is InChI=1S/C7H12N2OS/c1-6(3-8)4-11-5-7(10)9-2/h6H,4-5H2,1-2H3,(H,9,10). The highest BCUT2D eigenvalue weighted by Crippen LogP contribution is 2.06. The summed E-state index contributed by atoms with van der Waals surface area (Å²) in [5, 5.41) is 10.9. The van der Waals surface area contributed by atoms with Crippen LogP contribution < -0.4 is 5.32 Å². The normalized spacial score (nSPS) is 11.7. The molecule has 3 nitrogen and oxygen atoms in total. The second kappa shape index (κ2) is 6.05. The number of nitrogens with zero attached hydrogens (tertiary/aromatic N) is 1. The molecule has 1 unspecified atom stereocenters. The number of thioether (sulfide) groups is 1. The van der Waals surface area contributed by atoms with E-state index >= 15 is 0 Å². The maximum Gasteiger partial charge on any atom is 0.229 e. The molecule has 0 aromatic carbocycles. The Hall–Kier alpha value is -0.690. The highest BCUT2D eigenvalue weighted by molar-refractivity contribution is 7.99. The van der Waals surface area contributed by atoms with Crippen LogP contribution in [0.1, 0.15) is 6.92 Å². The van der Waals surface area contributed by atoms with Crippen molar-refractivity contribution in [3.05, 3.63) is 0 Å². The lowest BCUT2D eigenvalue weighted by Crippen LogP contribution is -2.20. The summed E-state index contributed by atoms with van der Waals surface area (Å²) in [6.45, 7) is 1.84.